The third kappa shape index (κ3) is 3.75. The first-order valence-electron chi connectivity index (χ1n) is 5.58. The Morgan fingerprint density at radius 1 is 1.24 bits per heavy atom. The van der Waals surface area contributed by atoms with Gasteiger partial charge in [-0.2, -0.15) is 0 Å². The van der Waals surface area contributed by atoms with Crippen molar-refractivity contribution in [2.24, 2.45) is 0 Å². The van der Waals surface area contributed by atoms with Crippen LogP contribution in [0.2, 0.25) is 0 Å². The fourth-order valence-electron chi connectivity index (χ4n) is 1.69. The molecular weight excluding hydrogens is 218 g/mol. The first-order valence-corrected chi connectivity index (χ1v) is 5.58. The first-order chi connectivity index (χ1) is 8.22. The van der Waals surface area contributed by atoms with Gasteiger partial charge in [-0.3, -0.25) is 0 Å². The van der Waals surface area contributed by atoms with Crippen LogP contribution in [0.3, 0.4) is 0 Å². The second kappa shape index (κ2) is 6.91. The summed E-state index contributed by atoms with van der Waals surface area (Å²) in [6.45, 7) is 3.10. The lowest BCUT2D eigenvalue weighted by atomic mass is 10.1. The van der Waals surface area contributed by atoms with Crippen LogP contribution >= 0.6 is 0 Å². The molecule has 0 amide bonds. The van der Waals surface area contributed by atoms with Crippen LogP contribution in [-0.4, -0.2) is 33.6 Å². The number of benzene rings is 1. The van der Waals surface area contributed by atoms with Crippen LogP contribution in [0.25, 0.3) is 0 Å². The lowest BCUT2D eigenvalue weighted by molar-refractivity contribution is -0.107. The topological polar surface area (TPSA) is 47.6 Å². The molecule has 0 spiro atoms. The van der Waals surface area contributed by atoms with Crippen LogP contribution in [0.4, 0.5) is 0 Å². The van der Waals surface area contributed by atoms with Gasteiger partial charge in [0.05, 0.1) is 20.8 Å². The summed E-state index contributed by atoms with van der Waals surface area (Å²) in [7, 11) is 3.31. The molecule has 0 bridgehead atoms. The van der Waals surface area contributed by atoms with E-state index in [-0.39, 0.29) is 0 Å². The minimum absolute atomic E-state index is 0.380. The van der Waals surface area contributed by atoms with Crippen LogP contribution in [0.1, 0.15) is 11.1 Å². The van der Waals surface area contributed by atoms with Crippen molar-refractivity contribution >= 4 is 6.29 Å². The number of ether oxygens (including phenoxy) is 2. The van der Waals surface area contributed by atoms with Crippen LogP contribution < -0.4 is 14.8 Å². The van der Waals surface area contributed by atoms with Gasteiger partial charge in [-0.15, -0.1) is 0 Å². The molecule has 0 aliphatic carbocycles. The van der Waals surface area contributed by atoms with Crippen molar-refractivity contribution in [3.63, 3.8) is 0 Å². The van der Waals surface area contributed by atoms with E-state index in [1.54, 1.807) is 14.2 Å². The summed E-state index contributed by atoms with van der Waals surface area (Å²) in [5, 5.41) is 3.02. The molecule has 0 atom stereocenters. The summed E-state index contributed by atoms with van der Waals surface area (Å²) in [5.74, 6) is 1.72. The second-order valence-electron chi connectivity index (χ2n) is 3.75. The predicted molar refractivity (Wildman–Crippen MR) is 66.9 cm³/mol. The number of aldehydes is 1. The van der Waals surface area contributed by atoms with Gasteiger partial charge in [-0.25, -0.2) is 0 Å². The summed E-state index contributed by atoms with van der Waals surface area (Å²) in [5.41, 5.74) is 2.13. The van der Waals surface area contributed by atoms with E-state index in [0.29, 0.717) is 6.54 Å². The SMILES string of the molecule is COc1cc(CCNCC=O)c(OC)cc1C. The average molecular weight is 237 g/mol. The zero-order valence-electron chi connectivity index (χ0n) is 10.6. The maximum absolute atomic E-state index is 10.2. The van der Waals surface area contributed by atoms with Gasteiger partial charge in [0.25, 0.3) is 0 Å². The molecule has 1 aromatic carbocycles. The molecular formula is C13H19NO3. The smallest absolute Gasteiger partial charge is 0.133 e. The molecule has 0 fully saturated rings. The summed E-state index contributed by atoms with van der Waals surface area (Å²) in [6, 6.07) is 3.95. The van der Waals surface area contributed by atoms with Crippen molar-refractivity contribution in [3.8, 4) is 11.5 Å². The van der Waals surface area contributed by atoms with Crippen molar-refractivity contribution in [2.45, 2.75) is 13.3 Å². The number of methoxy groups -OCH3 is 2. The number of carbonyl (C=O) groups excluding carboxylic acids is 1. The zero-order valence-corrected chi connectivity index (χ0v) is 10.6. The van der Waals surface area contributed by atoms with Crippen molar-refractivity contribution < 1.29 is 14.3 Å². The Bertz CT molecular complexity index is 377. The number of hydrogen-bond donors (Lipinski definition) is 1. The van der Waals surface area contributed by atoms with Gasteiger partial charge in [-0.05, 0) is 43.1 Å². The highest BCUT2D eigenvalue weighted by molar-refractivity contribution is 5.51. The standard InChI is InChI=1S/C13H19NO3/c1-10-8-13(17-3)11(9-12(10)16-2)4-5-14-6-7-15/h7-9,14H,4-6H2,1-3H3. The number of aryl methyl sites for hydroxylation is 1. The third-order valence-corrected chi connectivity index (χ3v) is 2.60. The molecule has 0 heterocycles. The van der Waals surface area contributed by atoms with E-state index in [4.69, 9.17) is 9.47 Å². The van der Waals surface area contributed by atoms with E-state index in [1.807, 2.05) is 19.1 Å². The van der Waals surface area contributed by atoms with E-state index < -0.39 is 0 Å². The minimum Gasteiger partial charge on any atom is -0.496 e. The summed E-state index contributed by atoms with van der Waals surface area (Å²) < 4.78 is 10.6. The molecule has 0 aliphatic heterocycles. The Balaban J connectivity index is 2.77. The third-order valence-electron chi connectivity index (χ3n) is 2.60. The van der Waals surface area contributed by atoms with Gasteiger partial charge >= 0.3 is 0 Å². The molecule has 4 nitrogen and oxygen atoms in total. The minimum atomic E-state index is 0.380. The molecule has 0 saturated heterocycles. The number of hydrogen-bond acceptors (Lipinski definition) is 4. The van der Waals surface area contributed by atoms with Crippen molar-refractivity contribution in [1.82, 2.24) is 5.32 Å². The molecule has 0 radical (unpaired) electrons. The van der Waals surface area contributed by atoms with Crippen LogP contribution in [-0.2, 0) is 11.2 Å². The van der Waals surface area contributed by atoms with E-state index in [2.05, 4.69) is 5.32 Å². The van der Waals surface area contributed by atoms with Gasteiger partial charge in [0, 0.05) is 0 Å². The monoisotopic (exact) mass is 237 g/mol. The average Bonchev–Trinajstić information content (AvgIpc) is 2.35. The molecule has 17 heavy (non-hydrogen) atoms. The molecule has 1 N–H and O–H groups in total. The Morgan fingerprint density at radius 2 is 1.94 bits per heavy atom. The Kier molecular flexibility index (Phi) is 5.49. The predicted octanol–water partition coefficient (Wildman–Crippen LogP) is 1.34. The van der Waals surface area contributed by atoms with Crippen molar-refractivity contribution in [3.05, 3.63) is 23.3 Å². The lowest BCUT2D eigenvalue weighted by Gasteiger charge is -2.13. The van der Waals surface area contributed by atoms with E-state index >= 15 is 0 Å². The molecule has 0 unspecified atom stereocenters. The van der Waals surface area contributed by atoms with E-state index in [9.17, 15) is 4.79 Å². The van der Waals surface area contributed by atoms with E-state index in [0.717, 1.165) is 41.9 Å². The van der Waals surface area contributed by atoms with E-state index in [1.165, 1.54) is 0 Å². The second-order valence-corrected chi connectivity index (χ2v) is 3.75. The van der Waals surface area contributed by atoms with Gasteiger partial charge < -0.3 is 19.6 Å². The molecule has 0 saturated carbocycles. The highest BCUT2D eigenvalue weighted by Crippen LogP contribution is 2.28. The number of carbonyl (C=O) groups is 1. The highest BCUT2D eigenvalue weighted by Gasteiger charge is 2.08. The maximum Gasteiger partial charge on any atom is 0.133 e. The fraction of sp³-hybridized carbons (Fsp3) is 0.462. The Morgan fingerprint density at radius 3 is 2.53 bits per heavy atom. The zero-order chi connectivity index (χ0) is 12.7. The van der Waals surface area contributed by atoms with Gasteiger partial charge in [0.2, 0.25) is 0 Å². The first kappa shape index (κ1) is 13.5. The normalized spacial score (nSPS) is 10.1. The van der Waals surface area contributed by atoms with Crippen molar-refractivity contribution in [2.75, 3.05) is 27.3 Å². The van der Waals surface area contributed by atoms with Crippen LogP contribution in [0, 0.1) is 6.92 Å². The number of nitrogens with one attached hydrogen (secondary N) is 1. The van der Waals surface area contributed by atoms with Crippen molar-refractivity contribution in [1.29, 1.82) is 0 Å². The molecule has 94 valence electrons. The fourth-order valence-corrected chi connectivity index (χ4v) is 1.69. The maximum atomic E-state index is 10.2. The molecule has 0 aromatic heterocycles. The summed E-state index contributed by atoms with van der Waals surface area (Å²) in [6.07, 6.45) is 1.65. The van der Waals surface area contributed by atoms with Gasteiger partial charge in [-0.1, -0.05) is 0 Å². The van der Waals surface area contributed by atoms with Gasteiger partial charge in [0.15, 0.2) is 0 Å². The molecule has 4 heteroatoms. The summed E-state index contributed by atoms with van der Waals surface area (Å²) >= 11 is 0. The molecule has 1 rings (SSSR count). The van der Waals surface area contributed by atoms with Crippen LogP contribution in [0.5, 0.6) is 11.5 Å². The Hall–Kier alpha value is -1.55. The Labute approximate surface area is 102 Å². The lowest BCUT2D eigenvalue weighted by Crippen LogP contribution is -2.19. The molecule has 0 aliphatic rings. The largest absolute Gasteiger partial charge is 0.496 e. The molecule has 1 aromatic rings. The number of rotatable bonds is 7. The van der Waals surface area contributed by atoms with Gasteiger partial charge in [0.1, 0.15) is 17.8 Å². The van der Waals surface area contributed by atoms with Crippen LogP contribution in [0.15, 0.2) is 12.1 Å². The highest BCUT2D eigenvalue weighted by atomic mass is 16.5. The summed E-state index contributed by atoms with van der Waals surface area (Å²) in [4.78, 5) is 10.2. The quantitative estimate of drug-likeness (QED) is 0.574.